The minimum atomic E-state index is -0.923. The Morgan fingerprint density at radius 1 is 1.31 bits per heavy atom. The van der Waals surface area contributed by atoms with E-state index in [0.29, 0.717) is 0 Å². The number of hydrogen-bond acceptors (Lipinski definition) is 9. The average molecular weight is 376 g/mol. The Bertz CT molecular complexity index is 514. The number of nitrogens with one attached hydrogen (secondary N) is 1. The molecule has 0 aliphatic carbocycles. The van der Waals surface area contributed by atoms with Gasteiger partial charge in [-0.15, -0.1) is 0 Å². The van der Waals surface area contributed by atoms with Gasteiger partial charge in [0.25, 0.3) is 0 Å². The smallest absolute Gasteiger partial charge is 0.337 e. The van der Waals surface area contributed by atoms with Crippen LogP contribution in [0.5, 0.6) is 0 Å². The second-order valence-corrected chi connectivity index (χ2v) is 6.67. The van der Waals surface area contributed by atoms with Gasteiger partial charge in [-0.25, -0.2) is 10.3 Å². The molecule has 2 fully saturated rings. The van der Waals surface area contributed by atoms with Crippen molar-refractivity contribution in [3.05, 3.63) is 0 Å². The molecule has 10 nitrogen and oxygen atoms in total. The maximum absolute atomic E-state index is 12.0. The second kappa shape index (κ2) is 8.59. The summed E-state index contributed by atoms with van der Waals surface area (Å²) in [6, 6.07) is -0.678. The topological polar surface area (TPSA) is 128 Å². The zero-order valence-electron chi connectivity index (χ0n) is 15.7. The Kier molecular flexibility index (Phi) is 6.94. The molecular weight excluding hydrogens is 348 g/mol. The van der Waals surface area contributed by atoms with Gasteiger partial charge in [0, 0.05) is 19.6 Å². The summed E-state index contributed by atoms with van der Waals surface area (Å²) in [6.07, 6.45) is -3.09. The number of amides is 1. The predicted molar refractivity (Wildman–Crippen MR) is 87.4 cm³/mol. The quantitative estimate of drug-likeness (QED) is 0.429. The first-order valence-corrected chi connectivity index (χ1v) is 8.59. The summed E-state index contributed by atoms with van der Waals surface area (Å²) in [5, 5.41) is 0. The summed E-state index contributed by atoms with van der Waals surface area (Å²) < 4.78 is 27.5. The van der Waals surface area contributed by atoms with Crippen molar-refractivity contribution >= 4 is 11.9 Å². The number of hydroxylamine groups is 1. The lowest BCUT2D eigenvalue weighted by Crippen LogP contribution is -2.48. The van der Waals surface area contributed by atoms with Gasteiger partial charge in [-0.1, -0.05) is 0 Å². The summed E-state index contributed by atoms with van der Waals surface area (Å²) >= 11 is 0. The van der Waals surface area contributed by atoms with E-state index >= 15 is 0 Å². The van der Waals surface area contributed by atoms with Crippen LogP contribution in [0.15, 0.2) is 0 Å². The van der Waals surface area contributed by atoms with Crippen LogP contribution in [0, 0.1) is 0 Å². The van der Waals surface area contributed by atoms with Gasteiger partial charge in [0.05, 0.1) is 6.61 Å². The number of hydrogen-bond donors (Lipinski definition) is 2. The molecule has 0 radical (unpaired) electrons. The molecular formula is C16H28N2O8. The summed E-state index contributed by atoms with van der Waals surface area (Å²) in [6.45, 7) is 6.94. The zero-order valence-corrected chi connectivity index (χ0v) is 15.7. The van der Waals surface area contributed by atoms with Crippen molar-refractivity contribution in [3.63, 3.8) is 0 Å². The largest absolute Gasteiger partial charge is 0.464 e. The predicted octanol–water partition coefficient (Wildman–Crippen LogP) is -0.405. The molecule has 1 amide bonds. The number of esters is 1. The molecule has 3 N–H and O–H groups in total. The third-order valence-corrected chi connectivity index (χ3v) is 4.11. The Morgan fingerprint density at radius 2 is 2.00 bits per heavy atom. The van der Waals surface area contributed by atoms with E-state index in [9.17, 15) is 9.59 Å². The number of fused-ring (bicyclic) bond motifs is 1. The van der Waals surface area contributed by atoms with Gasteiger partial charge in [0.15, 0.2) is 18.2 Å². The molecule has 0 bridgehead atoms. The molecule has 0 saturated carbocycles. The van der Waals surface area contributed by atoms with Crippen LogP contribution in [0.2, 0.25) is 0 Å². The lowest BCUT2D eigenvalue weighted by Gasteiger charge is -2.28. The first-order valence-electron chi connectivity index (χ1n) is 8.59. The van der Waals surface area contributed by atoms with Gasteiger partial charge < -0.3 is 29.4 Å². The van der Waals surface area contributed by atoms with Crippen LogP contribution in [0.1, 0.15) is 34.1 Å². The molecule has 0 aromatic heterocycles. The van der Waals surface area contributed by atoms with E-state index in [1.54, 1.807) is 20.8 Å². The first-order chi connectivity index (χ1) is 12.2. The summed E-state index contributed by atoms with van der Waals surface area (Å²) in [5.41, 5.74) is 8.30. The minimum absolute atomic E-state index is 0.0943. The van der Waals surface area contributed by atoms with E-state index < -0.39 is 54.4 Å². The van der Waals surface area contributed by atoms with Gasteiger partial charge in [-0.3, -0.25) is 9.63 Å². The first kappa shape index (κ1) is 21.0. The third kappa shape index (κ3) is 4.90. The number of ether oxygens (including phenoxy) is 5. The zero-order chi connectivity index (χ0) is 19.5. The normalized spacial score (nSPS) is 31.9. The Labute approximate surface area is 152 Å². The molecule has 0 unspecified atom stereocenters. The highest BCUT2D eigenvalue weighted by atomic mass is 16.8. The maximum Gasteiger partial charge on any atom is 0.337 e. The minimum Gasteiger partial charge on any atom is -0.464 e. The Balaban J connectivity index is 1.83. The molecule has 26 heavy (non-hydrogen) atoms. The highest BCUT2D eigenvalue weighted by Gasteiger charge is 2.56. The third-order valence-electron chi connectivity index (χ3n) is 4.11. The average Bonchev–Trinajstić information content (AvgIpc) is 3.03. The fourth-order valence-electron chi connectivity index (χ4n) is 2.95. The van der Waals surface area contributed by atoms with E-state index in [1.165, 1.54) is 14.0 Å². The van der Waals surface area contributed by atoms with Gasteiger partial charge >= 0.3 is 5.97 Å². The van der Waals surface area contributed by atoms with Gasteiger partial charge in [0.2, 0.25) is 5.91 Å². The van der Waals surface area contributed by atoms with E-state index in [1.807, 2.05) is 0 Å². The molecule has 150 valence electrons. The molecule has 6 atom stereocenters. The van der Waals surface area contributed by atoms with E-state index in [-0.39, 0.29) is 13.0 Å². The molecule has 2 saturated heterocycles. The van der Waals surface area contributed by atoms with Crippen molar-refractivity contribution in [2.75, 3.05) is 13.7 Å². The molecule has 2 heterocycles. The summed E-state index contributed by atoms with van der Waals surface area (Å²) in [5.74, 6) is -1.83. The number of rotatable bonds is 8. The fraction of sp³-hybridized carbons (Fsp3) is 0.875. The van der Waals surface area contributed by atoms with Crippen LogP contribution < -0.4 is 11.2 Å². The highest BCUT2D eigenvalue weighted by molar-refractivity contribution is 5.77. The molecule has 0 aromatic rings. The van der Waals surface area contributed by atoms with E-state index in [2.05, 4.69) is 5.48 Å². The SMILES string of the molecule is CCOC(=O)[C@@H](C)ONC(=O)C[C@H](N)[C@H]1O[C@@H]2OC(C)(C)O[C@@H]2[C@H]1OC. The van der Waals surface area contributed by atoms with Crippen molar-refractivity contribution in [2.24, 2.45) is 5.73 Å². The summed E-state index contributed by atoms with van der Waals surface area (Å²) in [4.78, 5) is 28.4. The molecule has 2 aliphatic rings. The Morgan fingerprint density at radius 3 is 2.62 bits per heavy atom. The number of carbonyl (C=O) groups excluding carboxylic acids is 2. The second-order valence-electron chi connectivity index (χ2n) is 6.67. The summed E-state index contributed by atoms with van der Waals surface area (Å²) in [7, 11) is 1.52. The number of carbonyl (C=O) groups is 2. The molecule has 10 heteroatoms. The number of methoxy groups -OCH3 is 1. The molecule has 0 spiro atoms. The van der Waals surface area contributed by atoms with Gasteiger partial charge in [-0.05, 0) is 27.7 Å². The van der Waals surface area contributed by atoms with E-state index in [0.717, 1.165) is 0 Å². The van der Waals surface area contributed by atoms with Crippen LogP contribution in [0.3, 0.4) is 0 Å². The monoisotopic (exact) mass is 376 g/mol. The fourth-order valence-corrected chi connectivity index (χ4v) is 2.95. The van der Waals surface area contributed by atoms with Crippen LogP contribution in [0.25, 0.3) is 0 Å². The Hall–Kier alpha value is -1.30. The van der Waals surface area contributed by atoms with Crippen molar-refractivity contribution in [1.29, 1.82) is 0 Å². The van der Waals surface area contributed by atoms with E-state index in [4.69, 9.17) is 34.3 Å². The van der Waals surface area contributed by atoms with Gasteiger partial charge in [0.1, 0.15) is 18.3 Å². The van der Waals surface area contributed by atoms with Crippen LogP contribution in [0.4, 0.5) is 0 Å². The highest BCUT2D eigenvalue weighted by Crippen LogP contribution is 2.39. The lowest BCUT2D eigenvalue weighted by atomic mass is 10.0. The van der Waals surface area contributed by atoms with Crippen LogP contribution in [-0.4, -0.2) is 68.1 Å². The van der Waals surface area contributed by atoms with Crippen molar-refractivity contribution in [1.82, 2.24) is 5.48 Å². The number of nitrogens with two attached hydrogens (primary N) is 1. The van der Waals surface area contributed by atoms with Crippen LogP contribution in [-0.2, 0) is 38.1 Å². The molecule has 2 rings (SSSR count). The van der Waals surface area contributed by atoms with Crippen molar-refractivity contribution in [2.45, 2.75) is 76.7 Å². The maximum atomic E-state index is 12.0. The van der Waals surface area contributed by atoms with Crippen molar-refractivity contribution in [3.8, 4) is 0 Å². The molecule has 2 aliphatic heterocycles. The van der Waals surface area contributed by atoms with Gasteiger partial charge in [-0.2, -0.15) is 0 Å². The van der Waals surface area contributed by atoms with Crippen LogP contribution >= 0.6 is 0 Å². The molecule has 0 aromatic carbocycles. The lowest BCUT2D eigenvalue weighted by molar-refractivity contribution is -0.219. The van der Waals surface area contributed by atoms with Crippen molar-refractivity contribution < 1.29 is 38.1 Å². The standard InChI is InChI=1S/C16H28N2O8/c1-6-22-14(20)8(2)26-18-10(19)7-9(17)11-12(21-5)13-15(23-11)25-16(3,4)24-13/h8-9,11-13,15H,6-7,17H2,1-5H3,(H,18,19)/t8-,9+,11-,12+,13-,15-/m1/s1.